The average molecular weight is 499 g/mol. The van der Waals surface area contributed by atoms with Crippen molar-refractivity contribution in [2.45, 2.75) is 57.7 Å². The number of rotatable bonds is 5. The van der Waals surface area contributed by atoms with Gasteiger partial charge in [-0.15, -0.1) is 0 Å². The van der Waals surface area contributed by atoms with Gasteiger partial charge in [0.15, 0.2) is 0 Å². The number of nitrogens with zero attached hydrogens (tertiary/aromatic N) is 3. The van der Waals surface area contributed by atoms with Gasteiger partial charge in [-0.05, 0) is 86.5 Å². The quantitative estimate of drug-likeness (QED) is 0.428. The second-order valence-electron chi connectivity index (χ2n) is 9.27. The molecule has 3 aromatic rings. The average Bonchev–Trinajstić information content (AvgIpc) is 2.90. The number of alkyl halides is 3. The van der Waals surface area contributed by atoms with Crippen LogP contribution < -0.4 is 5.32 Å². The van der Waals surface area contributed by atoms with Crippen LogP contribution in [-0.2, 0) is 25.6 Å². The highest BCUT2D eigenvalue weighted by Crippen LogP contribution is 2.35. The third-order valence-corrected chi connectivity index (χ3v) is 6.88. The summed E-state index contributed by atoms with van der Waals surface area (Å²) in [7, 11) is 1.00. The standard InChI is InChI=1S/C27H29F3N4.CH4O/c28-27(29,30)21-11-12-23(20(15-21)17-34-13-4-1-5-14-34)25-16-26(32-18-31-25)33-24-10-6-8-19-7-2-3-9-22(19)24;1-2/h6,8,10-12,15-16,18H,1-5,7,9,13-14,17H2,(H,31,32,33);2H,1H3. The molecule has 2 aliphatic rings. The first kappa shape index (κ1) is 26.1. The molecular weight excluding hydrogens is 465 g/mol. The Hall–Kier alpha value is -2.97. The minimum absolute atomic E-state index is 0.484. The van der Waals surface area contributed by atoms with Crippen LogP contribution in [0.1, 0.15) is 54.4 Å². The summed E-state index contributed by atoms with van der Waals surface area (Å²) >= 11 is 0. The number of aromatic nitrogens is 2. The molecule has 0 amide bonds. The molecule has 0 bridgehead atoms. The van der Waals surface area contributed by atoms with Crippen molar-refractivity contribution in [3.05, 3.63) is 71.0 Å². The lowest BCUT2D eigenvalue weighted by atomic mass is 9.90. The molecule has 1 aromatic heterocycles. The van der Waals surface area contributed by atoms with Crippen molar-refractivity contribution in [1.82, 2.24) is 14.9 Å². The molecule has 2 aromatic carbocycles. The van der Waals surface area contributed by atoms with E-state index in [4.69, 9.17) is 5.11 Å². The number of aliphatic hydroxyl groups excluding tert-OH is 1. The Balaban J connectivity index is 0.00000148. The Labute approximate surface area is 210 Å². The van der Waals surface area contributed by atoms with E-state index in [9.17, 15) is 13.2 Å². The van der Waals surface area contributed by atoms with Crippen LogP contribution in [-0.4, -0.2) is 40.2 Å². The molecule has 192 valence electrons. The van der Waals surface area contributed by atoms with E-state index >= 15 is 0 Å². The van der Waals surface area contributed by atoms with Crippen molar-refractivity contribution in [3.63, 3.8) is 0 Å². The van der Waals surface area contributed by atoms with E-state index in [1.807, 2.05) is 6.07 Å². The van der Waals surface area contributed by atoms with Crippen LogP contribution >= 0.6 is 0 Å². The van der Waals surface area contributed by atoms with Gasteiger partial charge in [-0.3, -0.25) is 4.90 Å². The number of anilines is 2. The molecule has 0 radical (unpaired) electrons. The van der Waals surface area contributed by atoms with Gasteiger partial charge in [0.1, 0.15) is 12.1 Å². The van der Waals surface area contributed by atoms with Gasteiger partial charge >= 0.3 is 6.18 Å². The summed E-state index contributed by atoms with van der Waals surface area (Å²) in [5.74, 6) is 0.646. The Kier molecular flexibility index (Phi) is 8.59. The van der Waals surface area contributed by atoms with Crippen LogP contribution in [0.2, 0.25) is 0 Å². The van der Waals surface area contributed by atoms with Gasteiger partial charge in [0.2, 0.25) is 0 Å². The number of nitrogens with one attached hydrogen (secondary N) is 1. The molecule has 0 atom stereocenters. The second-order valence-corrected chi connectivity index (χ2v) is 9.27. The van der Waals surface area contributed by atoms with Crippen LogP contribution in [0.3, 0.4) is 0 Å². The largest absolute Gasteiger partial charge is 0.416 e. The predicted molar refractivity (Wildman–Crippen MR) is 136 cm³/mol. The molecule has 5 nitrogen and oxygen atoms in total. The van der Waals surface area contributed by atoms with E-state index < -0.39 is 11.7 Å². The molecule has 5 rings (SSSR count). The molecule has 1 aliphatic heterocycles. The van der Waals surface area contributed by atoms with E-state index in [0.29, 0.717) is 23.6 Å². The van der Waals surface area contributed by atoms with Crippen molar-refractivity contribution in [1.29, 1.82) is 0 Å². The van der Waals surface area contributed by atoms with Gasteiger partial charge in [-0.1, -0.05) is 24.6 Å². The van der Waals surface area contributed by atoms with Crippen molar-refractivity contribution < 1.29 is 18.3 Å². The number of halogens is 3. The first-order valence-electron chi connectivity index (χ1n) is 12.5. The van der Waals surface area contributed by atoms with E-state index in [2.05, 4.69) is 38.4 Å². The number of piperidine rings is 1. The second kappa shape index (κ2) is 11.8. The summed E-state index contributed by atoms with van der Waals surface area (Å²) in [6.07, 6.45) is 4.95. The maximum atomic E-state index is 13.5. The van der Waals surface area contributed by atoms with Gasteiger partial charge in [0.25, 0.3) is 0 Å². The summed E-state index contributed by atoms with van der Waals surface area (Å²) in [5.41, 5.74) is 5.13. The van der Waals surface area contributed by atoms with E-state index in [0.717, 1.165) is 63.2 Å². The van der Waals surface area contributed by atoms with Crippen molar-refractivity contribution in [2.75, 3.05) is 25.5 Å². The monoisotopic (exact) mass is 498 g/mol. The zero-order valence-electron chi connectivity index (χ0n) is 20.6. The maximum Gasteiger partial charge on any atom is 0.416 e. The zero-order valence-corrected chi connectivity index (χ0v) is 20.6. The smallest absolute Gasteiger partial charge is 0.400 e. The summed E-state index contributed by atoms with van der Waals surface area (Å²) in [5, 5.41) is 10.4. The zero-order chi connectivity index (χ0) is 25.5. The van der Waals surface area contributed by atoms with E-state index in [-0.39, 0.29) is 0 Å². The molecule has 0 unspecified atom stereocenters. The Morgan fingerprint density at radius 1 is 0.917 bits per heavy atom. The van der Waals surface area contributed by atoms with Gasteiger partial charge in [-0.25, -0.2) is 9.97 Å². The molecule has 36 heavy (non-hydrogen) atoms. The Morgan fingerprint density at radius 3 is 2.47 bits per heavy atom. The predicted octanol–water partition coefficient (Wildman–Crippen LogP) is 6.38. The van der Waals surface area contributed by atoms with Crippen LogP contribution in [0.5, 0.6) is 0 Å². The summed E-state index contributed by atoms with van der Waals surface area (Å²) in [6, 6.07) is 12.1. The Morgan fingerprint density at radius 2 is 1.69 bits per heavy atom. The van der Waals surface area contributed by atoms with E-state index in [1.165, 1.54) is 42.8 Å². The number of likely N-dealkylation sites (tertiary alicyclic amines) is 1. The Bertz CT molecular complexity index is 1160. The first-order valence-corrected chi connectivity index (χ1v) is 12.5. The summed E-state index contributed by atoms with van der Waals surface area (Å²) in [4.78, 5) is 11.1. The summed E-state index contributed by atoms with van der Waals surface area (Å²) < 4.78 is 40.4. The topological polar surface area (TPSA) is 61.3 Å². The number of aryl methyl sites for hydroxylation is 1. The lowest BCUT2D eigenvalue weighted by molar-refractivity contribution is -0.137. The van der Waals surface area contributed by atoms with Gasteiger partial charge in [0.05, 0.1) is 11.3 Å². The normalized spacial score (nSPS) is 16.0. The molecule has 2 N–H and O–H groups in total. The van der Waals surface area contributed by atoms with Crippen molar-refractivity contribution in [3.8, 4) is 11.3 Å². The molecular formula is C28H33F3N4O. The lowest BCUT2D eigenvalue weighted by Gasteiger charge is -2.27. The van der Waals surface area contributed by atoms with Gasteiger partial charge in [-0.2, -0.15) is 13.2 Å². The van der Waals surface area contributed by atoms with Gasteiger partial charge in [0, 0.05) is 31.0 Å². The summed E-state index contributed by atoms with van der Waals surface area (Å²) in [6.45, 7) is 2.30. The highest BCUT2D eigenvalue weighted by Gasteiger charge is 2.31. The van der Waals surface area contributed by atoms with Crippen LogP contribution in [0, 0.1) is 0 Å². The van der Waals surface area contributed by atoms with Gasteiger partial charge < -0.3 is 10.4 Å². The molecule has 1 saturated heterocycles. The molecule has 1 fully saturated rings. The number of hydrogen-bond acceptors (Lipinski definition) is 5. The third kappa shape index (κ3) is 6.23. The fourth-order valence-corrected chi connectivity index (χ4v) is 5.12. The molecule has 0 saturated carbocycles. The van der Waals surface area contributed by atoms with Crippen LogP contribution in [0.4, 0.5) is 24.7 Å². The third-order valence-electron chi connectivity index (χ3n) is 6.88. The number of hydrogen-bond donors (Lipinski definition) is 2. The fourth-order valence-electron chi connectivity index (χ4n) is 5.12. The molecule has 1 aliphatic carbocycles. The highest BCUT2D eigenvalue weighted by molar-refractivity contribution is 5.70. The van der Waals surface area contributed by atoms with Crippen molar-refractivity contribution >= 4 is 11.5 Å². The van der Waals surface area contributed by atoms with Crippen LogP contribution in [0.25, 0.3) is 11.3 Å². The molecule has 0 spiro atoms. The minimum Gasteiger partial charge on any atom is -0.400 e. The SMILES string of the molecule is CO.FC(F)(F)c1ccc(-c2cc(Nc3cccc4c3CCCC4)ncn2)c(CN2CCCCC2)c1. The van der Waals surface area contributed by atoms with E-state index in [1.54, 1.807) is 6.07 Å². The highest BCUT2D eigenvalue weighted by atomic mass is 19.4. The van der Waals surface area contributed by atoms with Crippen molar-refractivity contribution in [2.24, 2.45) is 0 Å². The molecule has 8 heteroatoms. The minimum atomic E-state index is -4.38. The maximum absolute atomic E-state index is 13.5. The number of aliphatic hydroxyl groups is 1. The first-order chi connectivity index (χ1) is 17.5. The number of benzene rings is 2. The fraction of sp³-hybridized carbons (Fsp3) is 0.429. The van der Waals surface area contributed by atoms with Crippen LogP contribution in [0.15, 0.2) is 48.8 Å². The lowest BCUT2D eigenvalue weighted by Crippen LogP contribution is -2.29. The molecule has 2 heterocycles. The number of fused-ring (bicyclic) bond motifs is 1.